The molecule has 8 heteroatoms. The molecule has 152 valence electrons. The summed E-state index contributed by atoms with van der Waals surface area (Å²) >= 11 is 0. The second-order valence-electron chi connectivity index (χ2n) is 7.24. The first-order valence-electron chi connectivity index (χ1n) is 9.72. The molecule has 1 aromatic carbocycles. The van der Waals surface area contributed by atoms with E-state index < -0.39 is 11.9 Å². The zero-order chi connectivity index (χ0) is 20.6. The molecule has 0 aliphatic carbocycles. The van der Waals surface area contributed by atoms with Crippen molar-refractivity contribution in [2.75, 3.05) is 6.54 Å². The Morgan fingerprint density at radius 3 is 2.66 bits per heavy atom. The van der Waals surface area contributed by atoms with Crippen LogP contribution in [0.5, 0.6) is 0 Å². The van der Waals surface area contributed by atoms with Gasteiger partial charge >= 0.3 is 6.18 Å². The second-order valence-corrected chi connectivity index (χ2v) is 7.24. The summed E-state index contributed by atoms with van der Waals surface area (Å²) in [5.74, 6) is -0.308. The van der Waals surface area contributed by atoms with Crippen molar-refractivity contribution in [3.05, 3.63) is 53.9 Å². The lowest BCUT2D eigenvalue weighted by atomic mass is 9.99. The number of piperidine rings is 1. The van der Waals surface area contributed by atoms with E-state index in [0.29, 0.717) is 12.1 Å². The van der Waals surface area contributed by atoms with Crippen LogP contribution < -0.4 is 0 Å². The highest BCUT2D eigenvalue weighted by Crippen LogP contribution is 2.33. The van der Waals surface area contributed by atoms with Gasteiger partial charge in [-0.05, 0) is 31.7 Å². The maximum atomic E-state index is 13.7. The standard InChI is InChI=1S/C21H21F3N4O/c1-2-15-10-6-7-11-27(15)20(29)16-13-25-28-18(21(22,23)24)12-17(26-19(16)28)14-8-4-3-5-9-14/h3-5,8-9,12-13,15H,2,6-7,10-11H2,1H3/t15-/m1/s1. The van der Waals surface area contributed by atoms with E-state index in [1.54, 1.807) is 35.2 Å². The molecule has 5 nitrogen and oxygen atoms in total. The molecular formula is C21H21F3N4O. The fourth-order valence-electron chi connectivity index (χ4n) is 3.92. The van der Waals surface area contributed by atoms with Gasteiger partial charge < -0.3 is 4.90 Å². The van der Waals surface area contributed by atoms with E-state index in [1.165, 1.54) is 6.20 Å². The highest BCUT2D eigenvalue weighted by molar-refractivity contribution is 6.00. The number of amides is 1. The van der Waals surface area contributed by atoms with E-state index in [-0.39, 0.29) is 28.9 Å². The lowest BCUT2D eigenvalue weighted by molar-refractivity contribution is -0.142. The molecule has 0 N–H and O–H groups in total. The average Bonchev–Trinajstić information content (AvgIpc) is 3.16. The number of likely N-dealkylation sites (tertiary alicyclic amines) is 1. The van der Waals surface area contributed by atoms with Gasteiger partial charge in [0.1, 0.15) is 5.56 Å². The molecule has 0 radical (unpaired) electrons. The summed E-state index contributed by atoms with van der Waals surface area (Å²) in [5, 5.41) is 3.87. The summed E-state index contributed by atoms with van der Waals surface area (Å²) < 4.78 is 41.9. The highest BCUT2D eigenvalue weighted by Gasteiger charge is 2.37. The number of nitrogens with zero attached hydrogens (tertiary/aromatic N) is 4. The van der Waals surface area contributed by atoms with Crippen LogP contribution in [0.25, 0.3) is 16.9 Å². The van der Waals surface area contributed by atoms with Crippen molar-refractivity contribution in [3.8, 4) is 11.3 Å². The lowest BCUT2D eigenvalue weighted by Crippen LogP contribution is -2.43. The Labute approximate surface area is 166 Å². The Bertz CT molecular complexity index is 1030. The van der Waals surface area contributed by atoms with Gasteiger partial charge in [-0.15, -0.1) is 0 Å². The Balaban J connectivity index is 1.87. The first-order valence-corrected chi connectivity index (χ1v) is 9.72. The lowest BCUT2D eigenvalue weighted by Gasteiger charge is -2.35. The highest BCUT2D eigenvalue weighted by atomic mass is 19.4. The molecule has 29 heavy (non-hydrogen) atoms. The van der Waals surface area contributed by atoms with Crippen LogP contribution >= 0.6 is 0 Å². The Morgan fingerprint density at radius 1 is 1.21 bits per heavy atom. The van der Waals surface area contributed by atoms with Crippen LogP contribution in [-0.4, -0.2) is 38.0 Å². The summed E-state index contributed by atoms with van der Waals surface area (Å²) in [6.07, 6.45) is 0.215. The molecule has 1 aliphatic heterocycles. The SMILES string of the molecule is CC[C@@H]1CCCCN1C(=O)c1cnn2c(C(F)(F)F)cc(-c3ccccc3)nc12. The van der Waals surface area contributed by atoms with Gasteiger partial charge in [0.2, 0.25) is 0 Å². The van der Waals surface area contributed by atoms with Crippen molar-refractivity contribution in [1.82, 2.24) is 19.5 Å². The Morgan fingerprint density at radius 2 is 1.97 bits per heavy atom. The maximum Gasteiger partial charge on any atom is 0.433 e. The molecule has 1 aliphatic rings. The Kier molecular flexibility index (Phi) is 5.02. The van der Waals surface area contributed by atoms with E-state index in [0.717, 1.165) is 36.3 Å². The molecule has 3 heterocycles. The largest absolute Gasteiger partial charge is 0.433 e. The first kappa shape index (κ1) is 19.4. The third kappa shape index (κ3) is 3.59. The molecule has 1 saturated heterocycles. The molecule has 0 bridgehead atoms. The molecule has 2 aromatic heterocycles. The quantitative estimate of drug-likeness (QED) is 0.631. The number of carbonyl (C=O) groups is 1. The van der Waals surface area contributed by atoms with Gasteiger partial charge in [-0.1, -0.05) is 37.3 Å². The minimum Gasteiger partial charge on any atom is -0.336 e. The van der Waals surface area contributed by atoms with Crippen molar-refractivity contribution in [1.29, 1.82) is 0 Å². The minimum absolute atomic E-state index is 0.0656. The zero-order valence-electron chi connectivity index (χ0n) is 16.0. The molecular weight excluding hydrogens is 381 g/mol. The number of aromatic nitrogens is 3. The summed E-state index contributed by atoms with van der Waals surface area (Å²) in [7, 11) is 0. The summed E-state index contributed by atoms with van der Waals surface area (Å²) in [6, 6.07) is 9.68. The van der Waals surface area contributed by atoms with E-state index in [2.05, 4.69) is 10.1 Å². The number of hydrogen-bond acceptors (Lipinski definition) is 3. The summed E-state index contributed by atoms with van der Waals surface area (Å²) in [5.41, 5.74) is -0.209. The van der Waals surface area contributed by atoms with Crippen molar-refractivity contribution < 1.29 is 18.0 Å². The van der Waals surface area contributed by atoms with E-state index in [1.807, 2.05) is 6.92 Å². The number of hydrogen-bond donors (Lipinski definition) is 0. The number of halogens is 3. The topological polar surface area (TPSA) is 50.5 Å². The molecule has 1 fully saturated rings. The summed E-state index contributed by atoms with van der Waals surface area (Å²) in [4.78, 5) is 19.4. The number of benzene rings is 1. The van der Waals surface area contributed by atoms with Crippen LogP contribution in [0.15, 0.2) is 42.6 Å². The van der Waals surface area contributed by atoms with Crippen molar-refractivity contribution in [2.45, 2.75) is 44.8 Å². The number of rotatable bonds is 3. The maximum absolute atomic E-state index is 13.7. The molecule has 4 rings (SSSR count). The fourth-order valence-corrected chi connectivity index (χ4v) is 3.92. The summed E-state index contributed by atoms with van der Waals surface area (Å²) in [6.45, 7) is 2.61. The van der Waals surface area contributed by atoms with Crippen LogP contribution in [0.2, 0.25) is 0 Å². The van der Waals surface area contributed by atoms with Crippen LogP contribution in [-0.2, 0) is 6.18 Å². The predicted octanol–water partition coefficient (Wildman–Crippen LogP) is 4.82. The number of alkyl halides is 3. The van der Waals surface area contributed by atoms with Crippen LogP contribution in [0.1, 0.15) is 48.7 Å². The minimum atomic E-state index is -4.63. The number of carbonyl (C=O) groups excluding carboxylic acids is 1. The van der Waals surface area contributed by atoms with Gasteiger partial charge in [-0.3, -0.25) is 4.79 Å². The molecule has 1 amide bonds. The van der Waals surface area contributed by atoms with Crippen LogP contribution in [0.4, 0.5) is 13.2 Å². The molecule has 3 aromatic rings. The molecule has 0 spiro atoms. The van der Waals surface area contributed by atoms with E-state index in [9.17, 15) is 18.0 Å². The molecule has 0 saturated carbocycles. The second kappa shape index (κ2) is 7.50. The van der Waals surface area contributed by atoms with Crippen molar-refractivity contribution >= 4 is 11.6 Å². The first-order chi connectivity index (χ1) is 13.9. The smallest absolute Gasteiger partial charge is 0.336 e. The number of fused-ring (bicyclic) bond motifs is 1. The molecule has 0 unspecified atom stereocenters. The predicted molar refractivity (Wildman–Crippen MR) is 102 cm³/mol. The zero-order valence-corrected chi connectivity index (χ0v) is 16.0. The van der Waals surface area contributed by atoms with Gasteiger partial charge in [0.05, 0.1) is 11.9 Å². The normalized spacial score (nSPS) is 17.7. The monoisotopic (exact) mass is 402 g/mol. The van der Waals surface area contributed by atoms with Gasteiger partial charge in [-0.25, -0.2) is 9.50 Å². The average molecular weight is 402 g/mol. The van der Waals surface area contributed by atoms with Crippen LogP contribution in [0.3, 0.4) is 0 Å². The fraction of sp³-hybridized carbons (Fsp3) is 0.381. The van der Waals surface area contributed by atoms with E-state index in [4.69, 9.17) is 0 Å². The van der Waals surface area contributed by atoms with Gasteiger partial charge in [0, 0.05) is 18.2 Å². The van der Waals surface area contributed by atoms with Gasteiger partial charge in [0.25, 0.3) is 5.91 Å². The third-order valence-corrected chi connectivity index (χ3v) is 5.42. The van der Waals surface area contributed by atoms with Crippen molar-refractivity contribution in [3.63, 3.8) is 0 Å². The third-order valence-electron chi connectivity index (χ3n) is 5.42. The van der Waals surface area contributed by atoms with Gasteiger partial charge in [-0.2, -0.15) is 18.3 Å². The van der Waals surface area contributed by atoms with Crippen LogP contribution in [0, 0.1) is 0 Å². The van der Waals surface area contributed by atoms with Gasteiger partial charge in [0.15, 0.2) is 11.3 Å². The Hall–Kier alpha value is -2.90. The molecule has 1 atom stereocenters. The van der Waals surface area contributed by atoms with Crippen molar-refractivity contribution in [2.24, 2.45) is 0 Å². The van der Waals surface area contributed by atoms with E-state index >= 15 is 0 Å².